The molecule has 30 heavy (non-hydrogen) atoms. The number of hydrogen-bond acceptors (Lipinski definition) is 4. The minimum atomic E-state index is -0.430. The molecule has 5 nitrogen and oxygen atoms in total. The van der Waals surface area contributed by atoms with Crippen molar-refractivity contribution in [3.05, 3.63) is 94.6 Å². The lowest BCUT2D eigenvalue weighted by Crippen LogP contribution is -2.32. The molecular formula is C24H19ClN2O3. The molecule has 0 bridgehead atoms. The van der Waals surface area contributed by atoms with Crippen molar-refractivity contribution in [1.82, 2.24) is 0 Å². The number of imide groups is 1. The Labute approximate surface area is 179 Å². The highest BCUT2D eigenvalue weighted by Gasteiger charge is 2.40. The van der Waals surface area contributed by atoms with Crippen LogP contribution in [0.3, 0.4) is 0 Å². The zero-order chi connectivity index (χ0) is 21.3. The van der Waals surface area contributed by atoms with Crippen LogP contribution < -0.4 is 15.0 Å². The molecule has 0 spiro atoms. The van der Waals surface area contributed by atoms with Gasteiger partial charge in [-0.1, -0.05) is 47.5 Å². The molecule has 2 amide bonds. The van der Waals surface area contributed by atoms with E-state index in [4.69, 9.17) is 16.3 Å². The van der Waals surface area contributed by atoms with Crippen LogP contribution in [-0.2, 0) is 9.59 Å². The summed E-state index contributed by atoms with van der Waals surface area (Å²) >= 11 is 5.97. The molecule has 0 atom stereocenters. The van der Waals surface area contributed by atoms with Crippen molar-refractivity contribution in [3.63, 3.8) is 0 Å². The van der Waals surface area contributed by atoms with E-state index in [2.05, 4.69) is 5.32 Å². The average Bonchev–Trinajstić information content (AvgIpc) is 2.99. The van der Waals surface area contributed by atoms with Crippen LogP contribution in [0, 0.1) is 6.92 Å². The van der Waals surface area contributed by atoms with Gasteiger partial charge in [0.1, 0.15) is 11.4 Å². The summed E-state index contributed by atoms with van der Waals surface area (Å²) in [5.41, 5.74) is 3.37. The molecule has 1 heterocycles. The molecule has 0 radical (unpaired) electrons. The number of hydrogen-bond donors (Lipinski definition) is 1. The van der Waals surface area contributed by atoms with E-state index in [1.807, 2.05) is 49.4 Å². The van der Waals surface area contributed by atoms with Gasteiger partial charge >= 0.3 is 0 Å². The average molecular weight is 419 g/mol. The van der Waals surface area contributed by atoms with Gasteiger partial charge in [0.25, 0.3) is 11.8 Å². The van der Waals surface area contributed by atoms with Gasteiger partial charge in [0.15, 0.2) is 0 Å². The van der Waals surface area contributed by atoms with Gasteiger partial charge in [-0.3, -0.25) is 9.59 Å². The second kappa shape index (κ2) is 8.05. The third-order valence-electron chi connectivity index (χ3n) is 4.85. The highest BCUT2D eigenvalue weighted by molar-refractivity contribution is 6.46. The van der Waals surface area contributed by atoms with Crippen molar-refractivity contribution in [2.24, 2.45) is 0 Å². The largest absolute Gasteiger partial charge is 0.497 e. The second-order valence-corrected chi connectivity index (χ2v) is 7.33. The van der Waals surface area contributed by atoms with Crippen LogP contribution in [0.25, 0.3) is 5.57 Å². The van der Waals surface area contributed by atoms with E-state index in [0.717, 1.165) is 10.5 Å². The Morgan fingerprint density at radius 3 is 2.27 bits per heavy atom. The Morgan fingerprint density at radius 2 is 1.60 bits per heavy atom. The van der Waals surface area contributed by atoms with E-state index < -0.39 is 11.8 Å². The lowest BCUT2D eigenvalue weighted by Gasteiger charge is -2.15. The Hall–Kier alpha value is -3.57. The minimum absolute atomic E-state index is 0.215. The maximum atomic E-state index is 13.4. The van der Waals surface area contributed by atoms with Crippen LogP contribution in [0.2, 0.25) is 5.02 Å². The normalized spacial score (nSPS) is 13.8. The second-order valence-electron chi connectivity index (χ2n) is 6.90. The highest BCUT2D eigenvalue weighted by atomic mass is 35.5. The van der Waals surface area contributed by atoms with E-state index in [9.17, 15) is 9.59 Å². The van der Waals surface area contributed by atoms with E-state index in [-0.39, 0.29) is 5.70 Å². The van der Waals surface area contributed by atoms with Crippen LogP contribution in [0.1, 0.15) is 11.1 Å². The molecule has 0 fully saturated rings. The van der Waals surface area contributed by atoms with Crippen LogP contribution >= 0.6 is 11.6 Å². The number of benzene rings is 3. The van der Waals surface area contributed by atoms with Crippen LogP contribution in [0.5, 0.6) is 5.75 Å². The molecule has 150 valence electrons. The molecule has 0 unspecified atom stereocenters. The summed E-state index contributed by atoms with van der Waals surface area (Å²) in [6.45, 7) is 1.97. The highest BCUT2D eigenvalue weighted by Crippen LogP contribution is 2.34. The van der Waals surface area contributed by atoms with E-state index >= 15 is 0 Å². The third kappa shape index (κ3) is 3.67. The number of nitrogens with zero attached hydrogens (tertiary/aromatic N) is 1. The van der Waals surface area contributed by atoms with Crippen molar-refractivity contribution in [3.8, 4) is 5.75 Å². The number of carbonyl (C=O) groups is 2. The summed E-state index contributed by atoms with van der Waals surface area (Å²) in [4.78, 5) is 27.9. The Morgan fingerprint density at radius 1 is 0.900 bits per heavy atom. The zero-order valence-corrected chi connectivity index (χ0v) is 17.2. The van der Waals surface area contributed by atoms with E-state index in [1.54, 1.807) is 37.4 Å². The molecule has 3 aromatic rings. The quantitative estimate of drug-likeness (QED) is 0.589. The monoisotopic (exact) mass is 418 g/mol. The molecule has 3 aromatic carbocycles. The molecule has 0 saturated carbocycles. The first-order chi connectivity index (χ1) is 14.5. The molecule has 0 aliphatic carbocycles. The van der Waals surface area contributed by atoms with Gasteiger partial charge in [-0.2, -0.15) is 0 Å². The van der Waals surface area contributed by atoms with Crippen molar-refractivity contribution >= 4 is 40.4 Å². The van der Waals surface area contributed by atoms with Crippen LogP contribution in [0.15, 0.2) is 78.5 Å². The van der Waals surface area contributed by atoms with Crippen molar-refractivity contribution < 1.29 is 14.3 Å². The lowest BCUT2D eigenvalue weighted by atomic mass is 10.0. The molecule has 1 N–H and O–H groups in total. The number of ether oxygens (including phenoxy) is 1. The summed E-state index contributed by atoms with van der Waals surface area (Å²) in [7, 11) is 1.57. The van der Waals surface area contributed by atoms with Gasteiger partial charge < -0.3 is 10.1 Å². The fourth-order valence-corrected chi connectivity index (χ4v) is 3.43. The maximum Gasteiger partial charge on any atom is 0.282 e. The number of methoxy groups -OCH3 is 1. The predicted molar refractivity (Wildman–Crippen MR) is 119 cm³/mol. The summed E-state index contributed by atoms with van der Waals surface area (Å²) in [5, 5.41) is 3.66. The smallest absolute Gasteiger partial charge is 0.282 e. The topological polar surface area (TPSA) is 58.6 Å². The molecule has 4 rings (SSSR count). The van der Waals surface area contributed by atoms with Crippen LogP contribution in [0.4, 0.5) is 11.4 Å². The lowest BCUT2D eigenvalue weighted by molar-refractivity contribution is -0.120. The van der Waals surface area contributed by atoms with Gasteiger partial charge in [-0.15, -0.1) is 0 Å². The number of nitrogens with one attached hydrogen (secondary N) is 1. The molecule has 1 aliphatic heterocycles. The fourth-order valence-electron chi connectivity index (χ4n) is 3.30. The van der Waals surface area contributed by atoms with Gasteiger partial charge in [0, 0.05) is 16.8 Å². The number of halogens is 1. The number of carbonyl (C=O) groups excluding carboxylic acids is 2. The molecule has 6 heteroatoms. The molecule has 0 saturated heterocycles. The Kier molecular flexibility index (Phi) is 5.29. The Bertz CT molecular complexity index is 1150. The van der Waals surface area contributed by atoms with Crippen molar-refractivity contribution in [2.75, 3.05) is 17.3 Å². The summed E-state index contributed by atoms with van der Waals surface area (Å²) in [6, 6.07) is 21.3. The number of anilines is 2. The minimum Gasteiger partial charge on any atom is -0.497 e. The Balaban J connectivity index is 1.81. The number of aryl methyl sites for hydroxylation is 1. The fraction of sp³-hybridized carbons (Fsp3) is 0.0833. The predicted octanol–water partition coefficient (Wildman–Crippen LogP) is 5.05. The molecule has 0 aromatic heterocycles. The number of amides is 2. The van der Waals surface area contributed by atoms with Gasteiger partial charge in [-0.05, 0) is 48.9 Å². The summed E-state index contributed by atoms with van der Waals surface area (Å²) in [5.74, 6) is -0.180. The van der Waals surface area contributed by atoms with Crippen molar-refractivity contribution in [1.29, 1.82) is 0 Å². The number of rotatable bonds is 5. The maximum absolute atomic E-state index is 13.4. The van der Waals surface area contributed by atoms with Crippen LogP contribution in [-0.4, -0.2) is 18.9 Å². The summed E-state index contributed by atoms with van der Waals surface area (Å²) in [6.07, 6.45) is 0. The first kappa shape index (κ1) is 19.7. The standard InChI is InChI=1S/C24H19ClN2O3/c1-15-6-8-16(9-7-15)21-22(26-18-4-3-5-20(14-18)30-2)24(29)27(23(21)28)19-12-10-17(25)11-13-19/h3-14,26H,1-2H3. The van der Waals surface area contributed by atoms with Gasteiger partial charge in [0.2, 0.25) is 0 Å². The zero-order valence-electron chi connectivity index (χ0n) is 16.5. The SMILES string of the molecule is COc1cccc(NC2=C(c3ccc(C)cc3)C(=O)N(c3ccc(Cl)cc3)C2=O)c1. The van der Waals surface area contributed by atoms with Gasteiger partial charge in [-0.25, -0.2) is 4.90 Å². The van der Waals surface area contributed by atoms with Crippen molar-refractivity contribution in [2.45, 2.75) is 6.92 Å². The molecule has 1 aliphatic rings. The first-order valence-corrected chi connectivity index (χ1v) is 9.72. The summed E-state index contributed by atoms with van der Waals surface area (Å²) < 4.78 is 5.26. The van der Waals surface area contributed by atoms with Gasteiger partial charge in [0.05, 0.1) is 18.4 Å². The first-order valence-electron chi connectivity index (χ1n) is 9.34. The third-order valence-corrected chi connectivity index (χ3v) is 5.10. The van der Waals surface area contributed by atoms with E-state index in [1.165, 1.54) is 0 Å². The molecular weight excluding hydrogens is 400 g/mol. The van der Waals surface area contributed by atoms with E-state index in [0.29, 0.717) is 33.3 Å².